The molecule has 2 saturated heterocycles. The molecule has 0 aromatic heterocycles. The summed E-state index contributed by atoms with van der Waals surface area (Å²) in [5.74, 6) is 0. The highest BCUT2D eigenvalue weighted by atomic mass is 16.1. The summed E-state index contributed by atoms with van der Waals surface area (Å²) in [5, 5.41) is 4.78. The van der Waals surface area contributed by atoms with E-state index in [1.807, 2.05) is 0 Å². The number of hydrogen-bond acceptors (Lipinski definition) is 2. The lowest BCUT2D eigenvalue weighted by atomic mass is 10.1. The second kappa shape index (κ2) is 0.554. The highest BCUT2D eigenvalue weighted by molar-refractivity contribution is 5.52. The molecule has 2 nitrogen and oxygen atoms in total. The average molecular weight is 110 g/mol. The molecule has 1 aliphatic carbocycles. The standard InChI is InChI=1S/C6H10N2/c1-5(2)4-6(5)7(3)8(4)6/h4H,1-3H3. The zero-order valence-electron chi connectivity index (χ0n) is 5.47. The maximum atomic E-state index is 2.44. The van der Waals surface area contributed by atoms with Gasteiger partial charge in [-0.05, 0) is 0 Å². The van der Waals surface area contributed by atoms with Crippen LogP contribution in [0.25, 0.3) is 0 Å². The molecule has 0 N–H and O–H groups in total. The van der Waals surface area contributed by atoms with E-state index in [0.29, 0.717) is 11.1 Å². The second-order valence-electron chi connectivity index (χ2n) is 3.72. The van der Waals surface area contributed by atoms with Gasteiger partial charge in [0.15, 0.2) is 0 Å². The van der Waals surface area contributed by atoms with Crippen LogP contribution < -0.4 is 0 Å². The van der Waals surface area contributed by atoms with Crippen LogP contribution in [0.5, 0.6) is 0 Å². The summed E-state index contributed by atoms with van der Waals surface area (Å²) in [6, 6.07) is 0.944. The minimum Gasteiger partial charge on any atom is -0.219 e. The molecule has 3 rings (SSSR count). The van der Waals surface area contributed by atoms with Crippen molar-refractivity contribution in [1.82, 2.24) is 10.0 Å². The number of likely N-dealkylation sites (N-methyl/N-ethyl adjacent to an activating group) is 1. The van der Waals surface area contributed by atoms with Crippen molar-refractivity contribution in [1.29, 1.82) is 0 Å². The van der Waals surface area contributed by atoms with E-state index in [1.165, 1.54) is 0 Å². The van der Waals surface area contributed by atoms with Crippen LogP contribution >= 0.6 is 0 Å². The molecule has 0 aromatic carbocycles. The highest BCUT2D eigenvalue weighted by Crippen LogP contribution is 2.89. The fourth-order valence-corrected chi connectivity index (χ4v) is 2.56. The van der Waals surface area contributed by atoms with Gasteiger partial charge in [-0.3, -0.25) is 0 Å². The normalized spacial score (nSPS) is 77.6. The van der Waals surface area contributed by atoms with E-state index in [0.717, 1.165) is 6.04 Å². The Morgan fingerprint density at radius 1 is 1.38 bits per heavy atom. The molecule has 2 heteroatoms. The van der Waals surface area contributed by atoms with Gasteiger partial charge in [-0.25, -0.2) is 10.0 Å². The van der Waals surface area contributed by atoms with E-state index in [1.54, 1.807) is 0 Å². The summed E-state index contributed by atoms with van der Waals surface area (Å²) in [4.78, 5) is 0. The first-order chi connectivity index (χ1) is 3.65. The van der Waals surface area contributed by atoms with Gasteiger partial charge in [0, 0.05) is 12.5 Å². The predicted octanol–water partition coefficient (Wildman–Crippen LogP) is 0.267. The summed E-state index contributed by atoms with van der Waals surface area (Å²) in [7, 11) is 2.17. The predicted molar refractivity (Wildman–Crippen MR) is 29.9 cm³/mol. The van der Waals surface area contributed by atoms with Crippen LogP contribution in [0.2, 0.25) is 0 Å². The van der Waals surface area contributed by atoms with Crippen LogP contribution in [0.3, 0.4) is 0 Å². The van der Waals surface area contributed by atoms with Crippen molar-refractivity contribution in [2.45, 2.75) is 25.6 Å². The van der Waals surface area contributed by atoms with Crippen molar-refractivity contribution < 1.29 is 0 Å². The quantitative estimate of drug-likeness (QED) is 0.413. The van der Waals surface area contributed by atoms with E-state index in [2.05, 4.69) is 30.9 Å². The molecule has 4 atom stereocenters. The zero-order valence-corrected chi connectivity index (χ0v) is 5.47. The largest absolute Gasteiger partial charge is 0.219 e. The number of hydrazine groups is 1. The monoisotopic (exact) mass is 110 g/mol. The number of nitrogens with zero attached hydrogens (tertiary/aromatic N) is 2. The Kier molecular flexibility index (Phi) is 0.267. The third-order valence-electron chi connectivity index (χ3n) is 3.23. The Bertz CT molecular complexity index is 181. The lowest BCUT2D eigenvalue weighted by molar-refractivity contribution is 0.314. The molecule has 4 unspecified atom stereocenters. The molecule has 3 fully saturated rings. The third-order valence-corrected chi connectivity index (χ3v) is 3.23. The summed E-state index contributed by atoms with van der Waals surface area (Å²) >= 11 is 0. The molecule has 1 spiro atoms. The Balaban J connectivity index is 2.04. The molecule has 0 aromatic rings. The molecule has 2 heterocycles. The zero-order chi connectivity index (χ0) is 5.73. The first-order valence-electron chi connectivity index (χ1n) is 3.18. The van der Waals surface area contributed by atoms with Crippen molar-refractivity contribution in [2.75, 3.05) is 7.05 Å². The summed E-state index contributed by atoms with van der Waals surface area (Å²) in [6.07, 6.45) is 0. The van der Waals surface area contributed by atoms with E-state index < -0.39 is 0 Å². The summed E-state index contributed by atoms with van der Waals surface area (Å²) < 4.78 is 0. The van der Waals surface area contributed by atoms with Crippen molar-refractivity contribution >= 4 is 0 Å². The third kappa shape index (κ3) is 0.118. The fourth-order valence-electron chi connectivity index (χ4n) is 2.56. The molecule has 44 valence electrons. The highest BCUT2D eigenvalue weighted by Gasteiger charge is 3.06. The topological polar surface area (TPSA) is 6.02 Å². The van der Waals surface area contributed by atoms with Gasteiger partial charge < -0.3 is 0 Å². The van der Waals surface area contributed by atoms with Crippen molar-refractivity contribution in [3.63, 3.8) is 0 Å². The summed E-state index contributed by atoms with van der Waals surface area (Å²) in [6.45, 7) is 4.69. The number of hydrogen-bond donors (Lipinski definition) is 0. The second-order valence-corrected chi connectivity index (χ2v) is 3.72. The molecule has 0 bridgehead atoms. The van der Waals surface area contributed by atoms with Crippen LogP contribution in [0, 0.1) is 5.41 Å². The maximum Gasteiger partial charge on any atom is 0.125 e. The smallest absolute Gasteiger partial charge is 0.125 e. The van der Waals surface area contributed by atoms with E-state index in [-0.39, 0.29) is 0 Å². The maximum absolute atomic E-state index is 2.44. The van der Waals surface area contributed by atoms with Gasteiger partial charge >= 0.3 is 0 Å². The van der Waals surface area contributed by atoms with Gasteiger partial charge in [0.05, 0.1) is 6.04 Å². The van der Waals surface area contributed by atoms with Crippen LogP contribution in [0.1, 0.15) is 13.8 Å². The lowest BCUT2D eigenvalue weighted by Gasteiger charge is -2.01. The minimum atomic E-state index is 0.604. The molecule has 0 amide bonds. The van der Waals surface area contributed by atoms with Gasteiger partial charge in [-0.1, -0.05) is 13.8 Å². The van der Waals surface area contributed by atoms with Gasteiger partial charge in [0.1, 0.15) is 5.66 Å². The Morgan fingerprint density at radius 2 is 2.00 bits per heavy atom. The Labute approximate surface area is 49.0 Å². The Morgan fingerprint density at radius 3 is 2.00 bits per heavy atom. The van der Waals surface area contributed by atoms with E-state index in [4.69, 9.17) is 0 Å². The first kappa shape index (κ1) is 3.85. The van der Waals surface area contributed by atoms with Crippen LogP contribution in [-0.4, -0.2) is 28.8 Å². The molecular formula is C6H10N2. The molecule has 3 aliphatic rings. The average Bonchev–Trinajstić information content (AvgIpc) is 2.46. The van der Waals surface area contributed by atoms with Gasteiger partial charge in [-0.2, -0.15) is 0 Å². The van der Waals surface area contributed by atoms with Crippen molar-refractivity contribution in [3.05, 3.63) is 0 Å². The number of rotatable bonds is 0. The van der Waals surface area contributed by atoms with Crippen LogP contribution in [-0.2, 0) is 0 Å². The van der Waals surface area contributed by atoms with Crippen molar-refractivity contribution in [2.24, 2.45) is 5.41 Å². The first-order valence-corrected chi connectivity index (χ1v) is 3.18. The molecule has 0 radical (unpaired) electrons. The van der Waals surface area contributed by atoms with Crippen molar-refractivity contribution in [3.8, 4) is 0 Å². The Hall–Kier alpha value is -0.0800. The van der Waals surface area contributed by atoms with Gasteiger partial charge in [-0.15, -0.1) is 0 Å². The van der Waals surface area contributed by atoms with E-state index in [9.17, 15) is 0 Å². The summed E-state index contributed by atoms with van der Waals surface area (Å²) in [5.41, 5.74) is 1.24. The SMILES string of the molecule is CN1N2C3C(C)(C)C312. The molecular weight excluding hydrogens is 100 g/mol. The van der Waals surface area contributed by atoms with Gasteiger partial charge in [0.25, 0.3) is 0 Å². The fraction of sp³-hybridized carbons (Fsp3) is 1.00. The minimum absolute atomic E-state index is 0.604. The number of fused-ring (bicyclic) bond motifs is 1. The van der Waals surface area contributed by atoms with Gasteiger partial charge in [0.2, 0.25) is 0 Å². The molecule has 8 heavy (non-hydrogen) atoms. The molecule has 1 saturated carbocycles. The lowest BCUT2D eigenvalue weighted by Crippen LogP contribution is -2.09. The van der Waals surface area contributed by atoms with E-state index >= 15 is 0 Å². The van der Waals surface area contributed by atoms with Crippen LogP contribution in [0.4, 0.5) is 0 Å². The molecule has 2 aliphatic heterocycles. The van der Waals surface area contributed by atoms with Crippen LogP contribution in [0.15, 0.2) is 0 Å².